The van der Waals surface area contributed by atoms with E-state index in [2.05, 4.69) is 36.3 Å². The zero-order valence-electron chi connectivity index (χ0n) is 9.31. The predicted octanol–water partition coefficient (Wildman–Crippen LogP) is 0.904. The van der Waals surface area contributed by atoms with Gasteiger partial charge in [-0.25, -0.2) is 0 Å². The third-order valence-electron chi connectivity index (χ3n) is 1.65. The minimum atomic E-state index is 0.0936. The lowest BCUT2D eigenvalue weighted by molar-refractivity contribution is -0.120. The molecule has 0 spiro atoms. The van der Waals surface area contributed by atoms with E-state index in [-0.39, 0.29) is 5.91 Å². The summed E-state index contributed by atoms with van der Waals surface area (Å²) in [7, 11) is 0. The molecule has 0 heterocycles. The Kier molecular flexibility index (Phi) is 7.96. The minimum absolute atomic E-state index is 0.0936. The lowest BCUT2D eigenvalue weighted by atomic mass is 10.3. The first-order valence-electron chi connectivity index (χ1n) is 5.06. The molecule has 0 radical (unpaired) electrons. The van der Waals surface area contributed by atoms with Gasteiger partial charge in [0.25, 0.3) is 0 Å². The molecule has 3 heteroatoms. The third kappa shape index (κ3) is 9.08. The number of hydrogen-bond acceptors (Lipinski definition) is 2. The van der Waals surface area contributed by atoms with E-state index >= 15 is 0 Å². The van der Waals surface area contributed by atoms with Gasteiger partial charge in [0.1, 0.15) is 0 Å². The van der Waals surface area contributed by atoms with Crippen molar-refractivity contribution in [3.8, 4) is 11.8 Å². The Bertz CT molecular complexity index is 213. The van der Waals surface area contributed by atoms with Gasteiger partial charge in [-0.1, -0.05) is 13.8 Å². The van der Waals surface area contributed by atoms with Crippen LogP contribution in [0.2, 0.25) is 0 Å². The van der Waals surface area contributed by atoms with Gasteiger partial charge < -0.3 is 10.6 Å². The summed E-state index contributed by atoms with van der Waals surface area (Å²) >= 11 is 0. The summed E-state index contributed by atoms with van der Waals surface area (Å²) in [5, 5.41) is 6.00. The summed E-state index contributed by atoms with van der Waals surface area (Å²) in [6.07, 6.45) is 1.28. The predicted molar refractivity (Wildman–Crippen MR) is 58.8 cm³/mol. The van der Waals surface area contributed by atoms with Crippen LogP contribution in [0.5, 0.6) is 0 Å². The fraction of sp³-hybridized carbons (Fsp3) is 0.727. The maximum atomic E-state index is 11.2. The molecule has 0 aromatic heterocycles. The molecule has 0 rings (SSSR count). The highest BCUT2D eigenvalue weighted by molar-refractivity contribution is 5.76. The number of rotatable bonds is 6. The monoisotopic (exact) mass is 196 g/mol. The van der Waals surface area contributed by atoms with E-state index in [9.17, 15) is 4.79 Å². The van der Waals surface area contributed by atoms with Crippen LogP contribution in [-0.4, -0.2) is 25.0 Å². The first-order chi connectivity index (χ1) is 6.66. The van der Waals surface area contributed by atoms with E-state index in [0.29, 0.717) is 19.0 Å². The fourth-order valence-corrected chi connectivity index (χ4v) is 0.952. The van der Waals surface area contributed by atoms with Crippen molar-refractivity contribution in [3.63, 3.8) is 0 Å². The molecule has 2 N–H and O–H groups in total. The van der Waals surface area contributed by atoms with E-state index < -0.39 is 0 Å². The molecule has 0 aliphatic heterocycles. The molecule has 0 aliphatic carbocycles. The Morgan fingerprint density at radius 2 is 2.07 bits per heavy atom. The van der Waals surface area contributed by atoms with Crippen molar-refractivity contribution in [1.82, 2.24) is 10.6 Å². The first kappa shape index (κ1) is 13.0. The van der Waals surface area contributed by atoms with Crippen LogP contribution in [-0.2, 0) is 4.79 Å². The molecule has 0 aliphatic rings. The second-order valence-corrected chi connectivity index (χ2v) is 3.39. The summed E-state index contributed by atoms with van der Waals surface area (Å²) in [4.78, 5) is 11.2. The Morgan fingerprint density at radius 3 is 2.64 bits per heavy atom. The molecular weight excluding hydrogens is 176 g/mol. The van der Waals surface area contributed by atoms with Gasteiger partial charge in [-0.05, 0) is 6.92 Å². The molecule has 0 aromatic rings. The van der Waals surface area contributed by atoms with Crippen LogP contribution in [0.15, 0.2) is 0 Å². The van der Waals surface area contributed by atoms with Gasteiger partial charge in [0.2, 0.25) is 5.91 Å². The van der Waals surface area contributed by atoms with Crippen LogP contribution >= 0.6 is 0 Å². The summed E-state index contributed by atoms with van der Waals surface area (Å²) < 4.78 is 0. The SMILES string of the molecule is CC#CCCNC(=O)CCNC(C)C. The van der Waals surface area contributed by atoms with Crippen LogP contribution in [0.3, 0.4) is 0 Å². The van der Waals surface area contributed by atoms with Gasteiger partial charge >= 0.3 is 0 Å². The topological polar surface area (TPSA) is 41.1 Å². The number of carbonyl (C=O) groups excluding carboxylic acids is 1. The summed E-state index contributed by atoms with van der Waals surface area (Å²) in [6, 6.07) is 0.439. The van der Waals surface area contributed by atoms with Crippen molar-refractivity contribution in [1.29, 1.82) is 0 Å². The minimum Gasteiger partial charge on any atom is -0.355 e. The molecule has 1 amide bonds. The molecule has 0 fully saturated rings. The lowest BCUT2D eigenvalue weighted by Crippen LogP contribution is -2.30. The molecule has 80 valence electrons. The highest BCUT2D eigenvalue weighted by atomic mass is 16.1. The molecule has 3 nitrogen and oxygen atoms in total. The van der Waals surface area contributed by atoms with E-state index in [1.54, 1.807) is 6.92 Å². The molecule has 0 bridgehead atoms. The highest BCUT2D eigenvalue weighted by Crippen LogP contribution is 1.82. The van der Waals surface area contributed by atoms with Crippen molar-refractivity contribution in [2.45, 2.75) is 39.7 Å². The standard InChI is InChI=1S/C11H20N2O/c1-4-5-6-8-13-11(14)7-9-12-10(2)3/h10,12H,6-9H2,1-3H3,(H,13,14). The van der Waals surface area contributed by atoms with Gasteiger partial charge in [0.15, 0.2) is 0 Å². The average Bonchev–Trinajstić information content (AvgIpc) is 2.12. The molecular formula is C11H20N2O. The van der Waals surface area contributed by atoms with E-state index in [1.807, 2.05) is 0 Å². The number of hydrogen-bond donors (Lipinski definition) is 2. The van der Waals surface area contributed by atoms with Crippen molar-refractivity contribution in [2.75, 3.05) is 13.1 Å². The van der Waals surface area contributed by atoms with Gasteiger partial charge in [-0.3, -0.25) is 4.79 Å². The Labute approximate surface area is 86.6 Å². The van der Waals surface area contributed by atoms with Crippen LogP contribution in [0.25, 0.3) is 0 Å². The fourth-order valence-electron chi connectivity index (χ4n) is 0.952. The third-order valence-corrected chi connectivity index (χ3v) is 1.65. The first-order valence-corrected chi connectivity index (χ1v) is 5.06. The number of nitrogens with one attached hydrogen (secondary N) is 2. The smallest absolute Gasteiger partial charge is 0.221 e. The van der Waals surface area contributed by atoms with Crippen LogP contribution in [0.4, 0.5) is 0 Å². The Balaban J connectivity index is 3.31. The molecule has 14 heavy (non-hydrogen) atoms. The van der Waals surface area contributed by atoms with Crippen molar-refractivity contribution in [3.05, 3.63) is 0 Å². The van der Waals surface area contributed by atoms with Crippen LogP contribution in [0.1, 0.15) is 33.6 Å². The second-order valence-electron chi connectivity index (χ2n) is 3.39. The van der Waals surface area contributed by atoms with E-state index in [0.717, 1.165) is 13.0 Å². The lowest BCUT2D eigenvalue weighted by Gasteiger charge is -2.07. The zero-order chi connectivity index (χ0) is 10.8. The van der Waals surface area contributed by atoms with Gasteiger partial charge in [0, 0.05) is 32.0 Å². The van der Waals surface area contributed by atoms with Crippen molar-refractivity contribution >= 4 is 5.91 Å². The average molecular weight is 196 g/mol. The van der Waals surface area contributed by atoms with Crippen molar-refractivity contribution < 1.29 is 4.79 Å². The molecule has 0 aromatic carbocycles. The summed E-state index contributed by atoms with van der Waals surface area (Å²) in [6.45, 7) is 7.32. The van der Waals surface area contributed by atoms with E-state index in [1.165, 1.54) is 0 Å². The Morgan fingerprint density at radius 1 is 1.36 bits per heavy atom. The number of carbonyl (C=O) groups is 1. The van der Waals surface area contributed by atoms with Gasteiger partial charge in [-0.2, -0.15) is 0 Å². The van der Waals surface area contributed by atoms with Crippen molar-refractivity contribution in [2.24, 2.45) is 0 Å². The largest absolute Gasteiger partial charge is 0.355 e. The molecule has 0 saturated carbocycles. The maximum absolute atomic E-state index is 11.2. The second kappa shape index (κ2) is 8.58. The van der Waals surface area contributed by atoms with Gasteiger partial charge in [0.05, 0.1) is 0 Å². The normalized spacial score (nSPS) is 9.43. The van der Waals surface area contributed by atoms with Crippen LogP contribution in [0, 0.1) is 11.8 Å². The molecule has 0 atom stereocenters. The summed E-state index contributed by atoms with van der Waals surface area (Å²) in [5.74, 6) is 5.78. The number of amides is 1. The maximum Gasteiger partial charge on any atom is 0.221 e. The quantitative estimate of drug-likeness (QED) is 0.489. The van der Waals surface area contributed by atoms with E-state index in [4.69, 9.17) is 0 Å². The highest BCUT2D eigenvalue weighted by Gasteiger charge is 1.99. The summed E-state index contributed by atoms with van der Waals surface area (Å²) in [5.41, 5.74) is 0. The molecule has 0 saturated heterocycles. The molecule has 0 unspecified atom stereocenters. The zero-order valence-corrected chi connectivity index (χ0v) is 9.31. The Hall–Kier alpha value is -1.01. The van der Waals surface area contributed by atoms with Gasteiger partial charge in [-0.15, -0.1) is 11.8 Å². The van der Waals surface area contributed by atoms with Crippen LogP contribution < -0.4 is 10.6 Å².